The summed E-state index contributed by atoms with van der Waals surface area (Å²) in [6.45, 7) is 3.44. The molecule has 0 aliphatic carbocycles. The second kappa shape index (κ2) is 4.94. The predicted octanol–water partition coefficient (Wildman–Crippen LogP) is 0.334. The molecule has 74 valence electrons. The number of nitrogens with two attached hydrogens (primary N) is 1. The van der Waals surface area contributed by atoms with Crippen LogP contribution in [0.15, 0.2) is 6.33 Å². The lowest BCUT2D eigenvalue weighted by Gasteiger charge is -2.09. The Labute approximate surface area is 77.9 Å². The van der Waals surface area contributed by atoms with Gasteiger partial charge in [-0.1, -0.05) is 6.92 Å². The molecule has 0 bridgehead atoms. The molecule has 0 aliphatic heterocycles. The van der Waals surface area contributed by atoms with Crippen molar-refractivity contribution >= 4 is 0 Å². The van der Waals surface area contributed by atoms with E-state index in [1.54, 1.807) is 13.4 Å². The third-order valence-electron chi connectivity index (χ3n) is 1.95. The minimum Gasteiger partial charge on any atom is -0.383 e. The number of aromatic nitrogens is 3. The summed E-state index contributed by atoms with van der Waals surface area (Å²) in [5.74, 6) is 0.833. The summed E-state index contributed by atoms with van der Waals surface area (Å²) >= 11 is 0. The minimum absolute atomic E-state index is 0.0284. The molecule has 5 nitrogen and oxygen atoms in total. The van der Waals surface area contributed by atoms with Crippen LogP contribution in [-0.4, -0.2) is 28.5 Å². The summed E-state index contributed by atoms with van der Waals surface area (Å²) < 4.78 is 6.89. The van der Waals surface area contributed by atoms with Crippen LogP contribution < -0.4 is 5.73 Å². The van der Waals surface area contributed by atoms with Crippen molar-refractivity contribution in [2.45, 2.75) is 25.9 Å². The number of hydrogen-bond acceptors (Lipinski definition) is 4. The lowest BCUT2D eigenvalue weighted by molar-refractivity contribution is 0.185. The summed E-state index contributed by atoms with van der Waals surface area (Å²) in [5.41, 5.74) is 5.85. The first kappa shape index (κ1) is 10.1. The Morgan fingerprint density at radius 3 is 3.08 bits per heavy atom. The van der Waals surface area contributed by atoms with Crippen LogP contribution >= 0.6 is 0 Å². The van der Waals surface area contributed by atoms with Gasteiger partial charge in [-0.15, -0.1) is 10.2 Å². The SMILES string of the molecule is CCC(N)c1nncn1CCOC. The lowest BCUT2D eigenvalue weighted by atomic mass is 10.2. The fourth-order valence-electron chi connectivity index (χ4n) is 1.10. The molecule has 1 rings (SSSR count). The molecule has 0 spiro atoms. The van der Waals surface area contributed by atoms with Gasteiger partial charge in [0.1, 0.15) is 12.2 Å². The maximum Gasteiger partial charge on any atom is 0.149 e. The zero-order valence-corrected chi connectivity index (χ0v) is 8.10. The van der Waals surface area contributed by atoms with Crippen LogP contribution in [0.25, 0.3) is 0 Å². The van der Waals surface area contributed by atoms with Gasteiger partial charge >= 0.3 is 0 Å². The zero-order chi connectivity index (χ0) is 9.68. The number of ether oxygens (including phenoxy) is 1. The van der Waals surface area contributed by atoms with Gasteiger partial charge in [0, 0.05) is 13.7 Å². The first-order chi connectivity index (χ1) is 6.29. The van der Waals surface area contributed by atoms with Crippen molar-refractivity contribution in [2.75, 3.05) is 13.7 Å². The van der Waals surface area contributed by atoms with Crippen molar-refractivity contribution in [1.82, 2.24) is 14.8 Å². The van der Waals surface area contributed by atoms with Crippen molar-refractivity contribution in [3.8, 4) is 0 Å². The molecule has 0 aliphatic rings. The van der Waals surface area contributed by atoms with Crippen molar-refractivity contribution in [3.63, 3.8) is 0 Å². The second-order valence-corrected chi connectivity index (χ2v) is 2.89. The standard InChI is InChI=1S/C8H16N4O/c1-3-7(9)8-11-10-6-12(8)4-5-13-2/h6-7H,3-5,9H2,1-2H3. The number of nitrogens with zero attached hydrogens (tertiary/aromatic N) is 3. The van der Waals surface area contributed by atoms with Crippen LogP contribution in [-0.2, 0) is 11.3 Å². The van der Waals surface area contributed by atoms with Gasteiger partial charge in [-0.3, -0.25) is 0 Å². The fourth-order valence-corrected chi connectivity index (χ4v) is 1.10. The Hall–Kier alpha value is -0.940. The van der Waals surface area contributed by atoms with Crippen LogP contribution in [0, 0.1) is 0 Å². The predicted molar refractivity (Wildman–Crippen MR) is 49.1 cm³/mol. The van der Waals surface area contributed by atoms with Crippen molar-refractivity contribution in [3.05, 3.63) is 12.2 Å². The van der Waals surface area contributed by atoms with Crippen LogP contribution in [0.4, 0.5) is 0 Å². The summed E-state index contributed by atoms with van der Waals surface area (Å²) in [4.78, 5) is 0. The van der Waals surface area contributed by atoms with Crippen molar-refractivity contribution < 1.29 is 4.74 Å². The van der Waals surface area contributed by atoms with Crippen LogP contribution in [0.2, 0.25) is 0 Å². The van der Waals surface area contributed by atoms with E-state index in [1.807, 2.05) is 11.5 Å². The highest BCUT2D eigenvalue weighted by molar-refractivity contribution is 4.92. The van der Waals surface area contributed by atoms with Crippen LogP contribution in [0.5, 0.6) is 0 Å². The number of hydrogen-bond donors (Lipinski definition) is 1. The average Bonchev–Trinajstić information content (AvgIpc) is 2.61. The molecular weight excluding hydrogens is 168 g/mol. The molecule has 1 unspecified atom stereocenters. The minimum atomic E-state index is -0.0284. The molecular formula is C8H16N4O. The third kappa shape index (κ3) is 2.50. The van der Waals surface area contributed by atoms with Crippen molar-refractivity contribution in [2.24, 2.45) is 5.73 Å². The van der Waals surface area contributed by atoms with Gasteiger partial charge in [0.2, 0.25) is 0 Å². The van der Waals surface area contributed by atoms with Gasteiger partial charge in [0.15, 0.2) is 0 Å². The average molecular weight is 184 g/mol. The van der Waals surface area contributed by atoms with E-state index >= 15 is 0 Å². The van der Waals surface area contributed by atoms with Crippen LogP contribution in [0.3, 0.4) is 0 Å². The molecule has 0 fully saturated rings. The van der Waals surface area contributed by atoms with Gasteiger partial charge in [-0.05, 0) is 6.42 Å². The van der Waals surface area contributed by atoms with Crippen LogP contribution in [0.1, 0.15) is 25.2 Å². The first-order valence-corrected chi connectivity index (χ1v) is 4.41. The van der Waals surface area contributed by atoms with Crippen molar-refractivity contribution in [1.29, 1.82) is 0 Å². The van der Waals surface area contributed by atoms with E-state index < -0.39 is 0 Å². The van der Waals surface area contributed by atoms with E-state index in [0.29, 0.717) is 6.61 Å². The first-order valence-electron chi connectivity index (χ1n) is 4.41. The largest absolute Gasteiger partial charge is 0.383 e. The molecule has 0 aromatic carbocycles. The quantitative estimate of drug-likeness (QED) is 0.716. The van der Waals surface area contributed by atoms with Gasteiger partial charge in [-0.25, -0.2) is 0 Å². The summed E-state index contributed by atoms with van der Waals surface area (Å²) in [6.07, 6.45) is 2.55. The van der Waals surface area contributed by atoms with Gasteiger partial charge in [0.05, 0.1) is 12.6 Å². The summed E-state index contributed by atoms with van der Waals surface area (Å²) in [7, 11) is 1.67. The topological polar surface area (TPSA) is 66.0 Å². The molecule has 5 heteroatoms. The molecule has 1 heterocycles. The van der Waals surface area contributed by atoms with E-state index in [9.17, 15) is 0 Å². The molecule has 1 atom stereocenters. The smallest absolute Gasteiger partial charge is 0.149 e. The van der Waals surface area contributed by atoms with Gasteiger partial charge in [0.25, 0.3) is 0 Å². The second-order valence-electron chi connectivity index (χ2n) is 2.89. The normalized spacial score (nSPS) is 13.2. The molecule has 13 heavy (non-hydrogen) atoms. The Bertz CT molecular complexity index is 248. The van der Waals surface area contributed by atoms with E-state index in [2.05, 4.69) is 10.2 Å². The Morgan fingerprint density at radius 2 is 2.46 bits per heavy atom. The monoisotopic (exact) mass is 184 g/mol. The van der Waals surface area contributed by atoms with Gasteiger partial charge < -0.3 is 15.0 Å². The lowest BCUT2D eigenvalue weighted by Crippen LogP contribution is -2.17. The van der Waals surface area contributed by atoms with E-state index in [-0.39, 0.29) is 6.04 Å². The Kier molecular flexibility index (Phi) is 3.85. The maximum absolute atomic E-state index is 5.85. The van der Waals surface area contributed by atoms with E-state index in [1.165, 1.54) is 0 Å². The number of rotatable bonds is 5. The Balaban J connectivity index is 2.65. The number of methoxy groups -OCH3 is 1. The fraction of sp³-hybridized carbons (Fsp3) is 0.750. The van der Waals surface area contributed by atoms with E-state index in [0.717, 1.165) is 18.8 Å². The third-order valence-corrected chi connectivity index (χ3v) is 1.95. The molecule has 0 saturated carbocycles. The highest BCUT2D eigenvalue weighted by Gasteiger charge is 2.10. The molecule has 1 aromatic heterocycles. The maximum atomic E-state index is 5.85. The molecule has 2 N–H and O–H groups in total. The van der Waals surface area contributed by atoms with Gasteiger partial charge in [-0.2, -0.15) is 0 Å². The molecule has 1 aromatic rings. The Morgan fingerprint density at radius 1 is 1.69 bits per heavy atom. The molecule has 0 amide bonds. The summed E-state index contributed by atoms with van der Waals surface area (Å²) in [6, 6.07) is -0.0284. The molecule has 0 radical (unpaired) electrons. The summed E-state index contributed by atoms with van der Waals surface area (Å²) in [5, 5.41) is 7.79. The zero-order valence-electron chi connectivity index (χ0n) is 8.10. The molecule has 0 saturated heterocycles. The van der Waals surface area contributed by atoms with E-state index in [4.69, 9.17) is 10.5 Å². The highest BCUT2D eigenvalue weighted by atomic mass is 16.5. The highest BCUT2D eigenvalue weighted by Crippen LogP contribution is 2.09.